The van der Waals surface area contributed by atoms with E-state index in [2.05, 4.69) is 91.0 Å². The fourth-order valence-corrected chi connectivity index (χ4v) is 7.05. The smallest absolute Gasteiger partial charge is 0.164 e. The maximum absolute atomic E-state index is 6.71. The average Bonchev–Trinajstić information content (AvgIpc) is 3.60. The van der Waals surface area contributed by atoms with Crippen molar-refractivity contribution in [1.29, 1.82) is 0 Å². The molecule has 0 aliphatic heterocycles. The van der Waals surface area contributed by atoms with Crippen LogP contribution in [0.5, 0.6) is 0 Å². The number of aromatic nitrogens is 4. The molecule has 3 aromatic heterocycles. The number of para-hydroxylation sites is 2. The molecule has 5 heteroatoms. The van der Waals surface area contributed by atoms with Crippen molar-refractivity contribution in [2.75, 3.05) is 0 Å². The number of fused-ring (bicyclic) bond motifs is 5. The largest absolute Gasteiger partial charge is 0.455 e. The molecular formula is C46H28N4O. The maximum atomic E-state index is 6.71. The van der Waals surface area contributed by atoms with E-state index in [0.717, 1.165) is 77.7 Å². The second kappa shape index (κ2) is 11.9. The van der Waals surface area contributed by atoms with E-state index in [-0.39, 0.29) is 0 Å². The van der Waals surface area contributed by atoms with E-state index in [0.29, 0.717) is 11.6 Å². The number of furan rings is 1. The zero-order valence-electron chi connectivity index (χ0n) is 27.4. The van der Waals surface area contributed by atoms with Gasteiger partial charge in [0.25, 0.3) is 0 Å². The van der Waals surface area contributed by atoms with Gasteiger partial charge < -0.3 is 4.42 Å². The third kappa shape index (κ3) is 5.03. The number of hydrogen-bond donors (Lipinski definition) is 0. The van der Waals surface area contributed by atoms with Crippen LogP contribution in [0, 0.1) is 0 Å². The van der Waals surface area contributed by atoms with Crippen molar-refractivity contribution in [2.24, 2.45) is 0 Å². The first-order valence-electron chi connectivity index (χ1n) is 17.0. The van der Waals surface area contributed by atoms with Gasteiger partial charge in [-0.3, -0.25) is 0 Å². The molecule has 3 heterocycles. The van der Waals surface area contributed by atoms with Crippen LogP contribution < -0.4 is 0 Å². The molecule has 0 N–H and O–H groups in total. The molecule has 7 aromatic carbocycles. The Morgan fingerprint density at radius 3 is 1.80 bits per heavy atom. The molecule has 0 bridgehead atoms. The van der Waals surface area contributed by atoms with E-state index in [9.17, 15) is 0 Å². The second-order valence-electron chi connectivity index (χ2n) is 12.6. The molecule has 0 amide bonds. The van der Waals surface area contributed by atoms with Gasteiger partial charge in [0.05, 0.1) is 28.2 Å². The molecule has 10 rings (SSSR count). The fourth-order valence-electron chi connectivity index (χ4n) is 7.05. The summed E-state index contributed by atoms with van der Waals surface area (Å²) in [4.78, 5) is 20.6. The summed E-state index contributed by atoms with van der Waals surface area (Å²) in [6.07, 6.45) is 0. The van der Waals surface area contributed by atoms with Gasteiger partial charge in [-0.05, 0) is 41.1 Å². The zero-order chi connectivity index (χ0) is 33.7. The molecular weight excluding hydrogens is 625 g/mol. The molecule has 0 saturated carbocycles. The SMILES string of the molecule is c1ccc(-c2cc(-c3ccccc3)nc(-c3cccc4oc5c(-c6nc(-c7ccc8ccccc8c7)c7ccccc7n6)cccc5c34)n2)cc1. The predicted molar refractivity (Wildman–Crippen MR) is 207 cm³/mol. The Morgan fingerprint density at radius 2 is 1.02 bits per heavy atom. The molecule has 0 saturated heterocycles. The summed E-state index contributed by atoms with van der Waals surface area (Å²) in [6, 6.07) is 57.9. The average molecular weight is 653 g/mol. The lowest BCUT2D eigenvalue weighted by molar-refractivity contribution is 0.669. The first-order valence-corrected chi connectivity index (χ1v) is 17.0. The number of rotatable bonds is 5. The van der Waals surface area contributed by atoms with Gasteiger partial charge in [0.1, 0.15) is 11.2 Å². The lowest BCUT2D eigenvalue weighted by Crippen LogP contribution is -1.96. The highest BCUT2D eigenvalue weighted by molar-refractivity contribution is 6.15. The Hall–Kier alpha value is -6.98. The van der Waals surface area contributed by atoms with Crippen molar-refractivity contribution in [2.45, 2.75) is 0 Å². The van der Waals surface area contributed by atoms with E-state index < -0.39 is 0 Å². The van der Waals surface area contributed by atoms with Gasteiger partial charge in [-0.2, -0.15) is 0 Å². The van der Waals surface area contributed by atoms with E-state index in [1.165, 1.54) is 10.8 Å². The van der Waals surface area contributed by atoms with Gasteiger partial charge in [-0.25, -0.2) is 19.9 Å². The molecule has 5 nitrogen and oxygen atoms in total. The van der Waals surface area contributed by atoms with Crippen LogP contribution in [-0.2, 0) is 0 Å². The highest BCUT2D eigenvalue weighted by atomic mass is 16.3. The van der Waals surface area contributed by atoms with Crippen molar-refractivity contribution < 1.29 is 4.42 Å². The Morgan fingerprint density at radius 1 is 0.392 bits per heavy atom. The summed E-state index contributed by atoms with van der Waals surface area (Å²) in [5, 5.41) is 5.27. The summed E-state index contributed by atoms with van der Waals surface area (Å²) < 4.78 is 6.71. The first kappa shape index (κ1) is 29.0. The van der Waals surface area contributed by atoms with Crippen molar-refractivity contribution >= 4 is 43.6 Å². The third-order valence-electron chi connectivity index (χ3n) is 9.50. The Labute approximate surface area is 293 Å². The summed E-state index contributed by atoms with van der Waals surface area (Å²) in [6.45, 7) is 0. The van der Waals surface area contributed by atoms with Crippen LogP contribution in [0.1, 0.15) is 0 Å². The van der Waals surface area contributed by atoms with Crippen molar-refractivity contribution in [1.82, 2.24) is 19.9 Å². The Bertz CT molecular complexity index is 2860. The molecule has 51 heavy (non-hydrogen) atoms. The highest BCUT2D eigenvalue weighted by Gasteiger charge is 2.21. The maximum Gasteiger partial charge on any atom is 0.164 e. The highest BCUT2D eigenvalue weighted by Crippen LogP contribution is 2.41. The summed E-state index contributed by atoms with van der Waals surface area (Å²) >= 11 is 0. The lowest BCUT2D eigenvalue weighted by atomic mass is 10.0. The molecule has 0 radical (unpaired) electrons. The normalized spacial score (nSPS) is 11.5. The van der Waals surface area contributed by atoms with Gasteiger partial charge in [0.15, 0.2) is 11.6 Å². The molecule has 238 valence electrons. The zero-order valence-corrected chi connectivity index (χ0v) is 27.4. The van der Waals surface area contributed by atoms with E-state index >= 15 is 0 Å². The third-order valence-corrected chi connectivity index (χ3v) is 9.50. The van der Waals surface area contributed by atoms with Crippen molar-refractivity contribution in [3.05, 3.63) is 170 Å². The summed E-state index contributed by atoms with van der Waals surface area (Å²) in [5.74, 6) is 1.24. The van der Waals surface area contributed by atoms with Gasteiger partial charge >= 0.3 is 0 Å². The van der Waals surface area contributed by atoms with Gasteiger partial charge in [-0.1, -0.05) is 140 Å². The van der Waals surface area contributed by atoms with Gasteiger partial charge in [0, 0.05) is 38.4 Å². The van der Waals surface area contributed by atoms with Crippen LogP contribution >= 0.6 is 0 Å². The van der Waals surface area contributed by atoms with Crippen LogP contribution in [0.3, 0.4) is 0 Å². The molecule has 10 aromatic rings. The minimum Gasteiger partial charge on any atom is -0.455 e. The van der Waals surface area contributed by atoms with Crippen molar-refractivity contribution in [3.63, 3.8) is 0 Å². The molecule has 0 unspecified atom stereocenters. The molecule has 0 spiro atoms. The number of nitrogens with zero attached hydrogens (tertiary/aromatic N) is 4. The van der Waals surface area contributed by atoms with E-state index in [1.54, 1.807) is 0 Å². The standard InChI is InChI=1S/C46H28N4O/c1-3-14-30(15-4-1)39-28-40(31-16-5-2-6-17-31)49-45(48-39)36-21-12-24-41-42(36)35-20-11-22-37(44(35)51-41)46-47-38-23-10-9-19-34(38)43(50-46)33-26-25-29-13-7-8-18-32(29)27-33/h1-28H. The number of benzene rings is 7. The quantitative estimate of drug-likeness (QED) is 0.185. The van der Waals surface area contributed by atoms with Crippen LogP contribution in [0.4, 0.5) is 0 Å². The monoisotopic (exact) mass is 652 g/mol. The van der Waals surface area contributed by atoms with Crippen LogP contribution in [0.2, 0.25) is 0 Å². The van der Waals surface area contributed by atoms with Crippen LogP contribution in [-0.4, -0.2) is 19.9 Å². The Kier molecular flexibility index (Phi) is 6.74. The lowest BCUT2D eigenvalue weighted by Gasteiger charge is -2.11. The summed E-state index contributed by atoms with van der Waals surface area (Å²) in [7, 11) is 0. The van der Waals surface area contributed by atoms with Crippen LogP contribution in [0.25, 0.3) is 100 Å². The van der Waals surface area contributed by atoms with Crippen molar-refractivity contribution in [3.8, 4) is 56.5 Å². The van der Waals surface area contributed by atoms with E-state index in [1.807, 2.05) is 78.9 Å². The topological polar surface area (TPSA) is 64.7 Å². The minimum atomic E-state index is 0.608. The second-order valence-corrected chi connectivity index (χ2v) is 12.6. The molecule has 0 aliphatic carbocycles. The molecule has 0 aliphatic rings. The Balaban J connectivity index is 1.18. The molecule has 0 atom stereocenters. The van der Waals surface area contributed by atoms with Crippen LogP contribution in [0.15, 0.2) is 174 Å². The van der Waals surface area contributed by atoms with Gasteiger partial charge in [-0.15, -0.1) is 0 Å². The first-order chi connectivity index (χ1) is 25.3. The van der Waals surface area contributed by atoms with Gasteiger partial charge in [0.2, 0.25) is 0 Å². The predicted octanol–water partition coefficient (Wildman–Crippen LogP) is 11.8. The minimum absolute atomic E-state index is 0.608. The summed E-state index contributed by atoms with van der Waals surface area (Å²) in [5.41, 5.74) is 9.77. The molecule has 0 fully saturated rings. The number of hydrogen-bond acceptors (Lipinski definition) is 5. The van der Waals surface area contributed by atoms with E-state index in [4.69, 9.17) is 24.4 Å². The fraction of sp³-hybridized carbons (Fsp3) is 0.